The lowest BCUT2D eigenvalue weighted by Crippen LogP contribution is -2.34. The average molecular weight is 718 g/mol. The molecule has 1 N–H and O–H groups in total. The molecule has 1 aliphatic rings. The highest BCUT2D eigenvalue weighted by Crippen LogP contribution is 2.42. The summed E-state index contributed by atoms with van der Waals surface area (Å²) in [4.78, 5) is 10.7. The van der Waals surface area contributed by atoms with E-state index in [1.165, 1.54) is 32.3 Å². The highest BCUT2D eigenvalue weighted by Gasteiger charge is 2.26. The molecule has 0 saturated heterocycles. The van der Waals surface area contributed by atoms with E-state index in [0.717, 1.165) is 72.3 Å². The molecule has 264 valence electrons. The van der Waals surface area contributed by atoms with Crippen LogP contribution in [0.3, 0.4) is 0 Å². The molecule has 2 heterocycles. The van der Waals surface area contributed by atoms with Crippen LogP contribution in [0.5, 0.6) is 0 Å². The summed E-state index contributed by atoms with van der Waals surface area (Å²) in [5, 5.41) is 13.2. The molecule has 1 atom stereocenters. The predicted octanol–water partition coefficient (Wildman–Crippen LogP) is 13.2. The van der Waals surface area contributed by atoms with Crippen LogP contribution in [-0.2, 0) is 0 Å². The number of benzene rings is 9. The number of nitrogens with one attached hydrogen (secondary N) is 1. The molecule has 1 aliphatic heterocycles. The van der Waals surface area contributed by atoms with Crippen molar-refractivity contribution in [2.75, 3.05) is 0 Å². The van der Waals surface area contributed by atoms with Gasteiger partial charge in [-0.3, -0.25) is 0 Å². The normalized spacial score (nSPS) is 14.3. The van der Waals surface area contributed by atoms with Crippen LogP contribution in [0.1, 0.15) is 28.4 Å². The summed E-state index contributed by atoms with van der Waals surface area (Å²) in [5.74, 6) is 1.45. The van der Waals surface area contributed by atoms with E-state index in [1.54, 1.807) is 0 Å². The van der Waals surface area contributed by atoms with Gasteiger partial charge in [0.05, 0.1) is 0 Å². The molecule has 1 unspecified atom stereocenters. The van der Waals surface area contributed by atoms with Crippen LogP contribution in [0, 0.1) is 6.92 Å². The van der Waals surface area contributed by atoms with Gasteiger partial charge in [0.25, 0.3) is 0 Å². The van der Waals surface area contributed by atoms with Crippen molar-refractivity contribution in [3.63, 3.8) is 0 Å². The van der Waals surface area contributed by atoms with E-state index in [-0.39, 0.29) is 6.17 Å². The van der Waals surface area contributed by atoms with Gasteiger partial charge in [-0.1, -0.05) is 152 Å². The van der Waals surface area contributed by atoms with Gasteiger partial charge in [-0.25, -0.2) is 9.98 Å². The molecule has 0 fully saturated rings. The highest BCUT2D eigenvalue weighted by atomic mass is 16.3. The first-order valence-electron chi connectivity index (χ1n) is 19.1. The van der Waals surface area contributed by atoms with Gasteiger partial charge < -0.3 is 9.73 Å². The third kappa shape index (κ3) is 5.22. The molecule has 10 aromatic rings. The Morgan fingerprint density at radius 2 is 1.05 bits per heavy atom. The van der Waals surface area contributed by atoms with Crippen molar-refractivity contribution >= 4 is 65.9 Å². The minimum atomic E-state index is -0.338. The Morgan fingerprint density at radius 1 is 0.464 bits per heavy atom. The Bertz CT molecular complexity index is 3200. The maximum absolute atomic E-state index is 6.83. The van der Waals surface area contributed by atoms with E-state index in [9.17, 15) is 0 Å². The molecule has 0 amide bonds. The van der Waals surface area contributed by atoms with Crippen molar-refractivity contribution in [2.45, 2.75) is 13.1 Å². The molecule has 0 radical (unpaired) electrons. The lowest BCUT2D eigenvalue weighted by molar-refractivity contribution is 0.669. The second-order valence-corrected chi connectivity index (χ2v) is 14.6. The molecule has 0 aliphatic carbocycles. The predicted molar refractivity (Wildman–Crippen MR) is 234 cm³/mol. The van der Waals surface area contributed by atoms with Gasteiger partial charge in [0.15, 0.2) is 5.84 Å². The van der Waals surface area contributed by atoms with Gasteiger partial charge in [0.2, 0.25) is 0 Å². The SMILES string of the molecule is Cc1ccc(-c2ccccc2)cc1C1=NC(c2ccc(-c3ccc4c5ccccc5c5ccccc5c4c3)c3oc4ccccc4c23)=NC(c2ccccc2)N1. The van der Waals surface area contributed by atoms with Crippen LogP contribution in [0.2, 0.25) is 0 Å². The van der Waals surface area contributed by atoms with Gasteiger partial charge in [-0.05, 0) is 97.4 Å². The molecule has 4 heteroatoms. The first-order chi connectivity index (χ1) is 27.7. The van der Waals surface area contributed by atoms with E-state index in [4.69, 9.17) is 14.4 Å². The van der Waals surface area contributed by atoms with Crippen LogP contribution < -0.4 is 5.32 Å². The van der Waals surface area contributed by atoms with Crippen molar-refractivity contribution in [1.82, 2.24) is 5.32 Å². The van der Waals surface area contributed by atoms with Crippen LogP contribution >= 0.6 is 0 Å². The van der Waals surface area contributed by atoms with Crippen molar-refractivity contribution in [3.05, 3.63) is 204 Å². The zero-order valence-electron chi connectivity index (χ0n) is 30.7. The highest BCUT2D eigenvalue weighted by molar-refractivity contribution is 6.27. The molecule has 4 nitrogen and oxygen atoms in total. The monoisotopic (exact) mass is 717 g/mol. The number of aryl methyl sites for hydroxylation is 1. The maximum Gasteiger partial charge on any atom is 0.160 e. The minimum absolute atomic E-state index is 0.338. The lowest BCUT2D eigenvalue weighted by atomic mass is 9.91. The van der Waals surface area contributed by atoms with E-state index < -0.39 is 0 Å². The first kappa shape index (κ1) is 32.2. The second kappa shape index (κ2) is 12.9. The summed E-state index contributed by atoms with van der Waals surface area (Å²) in [6.45, 7) is 2.14. The third-order valence-corrected chi connectivity index (χ3v) is 11.3. The summed E-state index contributed by atoms with van der Waals surface area (Å²) in [6.07, 6.45) is -0.338. The van der Waals surface area contributed by atoms with Gasteiger partial charge in [-0.2, -0.15) is 0 Å². The maximum atomic E-state index is 6.83. The molecule has 9 aromatic carbocycles. The Kier molecular flexibility index (Phi) is 7.42. The van der Waals surface area contributed by atoms with Crippen molar-refractivity contribution < 1.29 is 4.42 Å². The zero-order chi connectivity index (χ0) is 37.2. The summed E-state index contributed by atoms with van der Waals surface area (Å²) >= 11 is 0. The first-order valence-corrected chi connectivity index (χ1v) is 19.1. The van der Waals surface area contributed by atoms with Crippen LogP contribution in [0.4, 0.5) is 0 Å². The second-order valence-electron chi connectivity index (χ2n) is 14.6. The fraction of sp³-hybridized carbons (Fsp3) is 0.0385. The smallest absolute Gasteiger partial charge is 0.160 e. The number of nitrogens with zero attached hydrogens (tertiary/aromatic N) is 2. The number of fused-ring (bicyclic) bond motifs is 9. The Labute approximate surface area is 324 Å². The summed E-state index contributed by atoms with van der Waals surface area (Å²) in [5.41, 5.74) is 10.3. The quantitative estimate of drug-likeness (QED) is 0.180. The Morgan fingerprint density at radius 3 is 1.79 bits per heavy atom. The Hall–Kier alpha value is -7.30. The molecule has 56 heavy (non-hydrogen) atoms. The molecular formula is C52H35N3O. The molecule has 1 aromatic heterocycles. The van der Waals surface area contributed by atoms with Gasteiger partial charge in [0, 0.05) is 27.5 Å². The van der Waals surface area contributed by atoms with Crippen molar-refractivity contribution in [3.8, 4) is 22.3 Å². The van der Waals surface area contributed by atoms with E-state index in [0.29, 0.717) is 5.84 Å². The van der Waals surface area contributed by atoms with Gasteiger partial charge in [-0.15, -0.1) is 0 Å². The zero-order valence-corrected chi connectivity index (χ0v) is 30.7. The summed E-state index contributed by atoms with van der Waals surface area (Å²) in [7, 11) is 0. The van der Waals surface area contributed by atoms with Crippen LogP contribution in [0.25, 0.3) is 76.5 Å². The molecule has 0 bridgehead atoms. The lowest BCUT2D eigenvalue weighted by Gasteiger charge is -2.25. The topological polar surface area (TPSA) is 49.9 Å². The molecule has 0 spiro atoms. The minimum Gasteiger partial charge on any atom is -0.455 e. The van der Waals surface area contributed by atoms with Crippen LogP contribution in [-0.4, -0.2) is 11.7 Å². The number of aliphatic imine (C=N–C) groups is 2. The molecular weight excluding hydrogens is 683 g/mol. The third-order valence-electron chi connectivity index (χ3n) is 11.3. The largest absolute Gasteiger partial charge is 0.455 e. The average Bonchev–Trinajstić information content (AvgIpc) is 3.66. The van der Waals surface area contributed by atoms with Crippen molar-refractivity contribution in [2.24, 2.45) is 9.98 Å². The number of amidine groups is 2. The van der Waals surface area contributed by atoms with E-state index in [2.05, 4.69) is 170 Å². The molecule has 11 rings (SSSR count). The number of furan rings is 1. The number of hydrogen-bond donors (Lipinski definition) is 1. The van der Waals surface area contributed by atoms with E-state index in [1.807, 2.05) is 24.3 Å². The standard InChI is InChI=1S/C52H35N3O/c1-32-24-25-35(33-14-4-2-5-15-33)30-45(32)52-54-50(34-16-6-3-7-17-34)53-51(55-52)44-29-28-37(49-48(44)43-22-12-13-23-47(43)56-49)36-26-27-42-40-20-9-8-18-38(40)39-19-10-11-21-41(39)46(42)31-36/h2-31,50H,1H3,(H,53,54,55). The number of hydrogen-bond acceptors (Lipinski definition) is 4. The molecule has 0 saturated carbocycles. The summed E-state index contributed by atoms with van der Waals surface area (Å²) < 4.78 is 6.83. The fourth-order valence-electron chi connectivity index (χ4n) is 8.52. The Balaban J connectivity index is 1.13. The summed E-state index contributed by atoms with van der Waals surface area (Å²) in [6, 6.07) is 64.4. The fourth-order valence-corrected chi connectivity index (χ4v) is 8.52. The van der Waals surface area contributed by atoms with Crippen LogP contribution in [0.15, 0.2) is 196 Å². The van der Waals surface area contributed by atoms with Gasteiger partial charge >= 0.3 is 0 Å². The van der Waals surface area contributed by atoms with E-state index >= 15 is 0 Å². The number of para-hydroxylation sites is 1. The van der Waals surface area contributed by atoms with Gasteiger partial charge in [0.1, 0.15) is 23.2 Å². The van der Waals surface area contributed by atoms with Crippen molar-refractivity contribution in [1.29, 1.82) is 0 Å². The number of rotatable bonds is 5.